The van der Waals surface area contributed by atoms with E-state index in [0.717, 1.165) is 6.42 Å². The number of rotatable bonds is 1. The van der Waals surface area contributed by atoms with Crippen LogP contribution in [0.25, 0.3) is 0 Å². The van der Waals surface area contributed by atoms with Gasteiger partial charge < -0.3 is 5.73 Å². The van der Waals surface area contributed by atoms with Crippen molar-refractivity contribution in [3.05, 3.63) is 0 Å². The maximum atomic E-state index is 10.6. The minimum Gasteiger partial charge on any atom is -0.319 e. The van der Waals surface area contributed by atoms with E-state index in [1.165, 1.54) is 0 Å². The van der Waals surface area contributed by atoms with Gasteiger partial charge in [0.2, 0.25) is 0 Å². The van der Waals surface area contributed by atoms with Crippen LogP contribution in [0.4, 0.5) is 0 Å². The lowest BCUT2D eigenvalue weighted by Gasteiger charge is -2.00. The summed E-state index contributed by atoms with van der Waals surface area (Å²) in [6.07, 6.45) is 0.877. The van der Waals surface area contributed by atoms with E-state index >= 15 is 0 Å². The maximum Gasteiger partial charge on any atom is 0.149 e. The summed E-state index contributed by atoms with van der Waals surface area (Å²) >= 11 is 0. The summed E-state index contributed by atoms with van der Waals surface area (Å²) < 4.78 is 0. The monoisotopic (exact) mass is 113 g/mol. The van der Waals surface area contributed by atoms with Gasteiger partial charge in [-0.15, -0.1) is 0 Å². The normalized spacial score (nSPS) is 44.1. The van der Waals surface area contributed by atoms with Crippen LogP contribution in [0, 0.1) is 5.92 Å². The number of hydrogen-bond donors (Lipinski definition) is 1. The molecule has 0 spiro atoms. The summed E-state index contributed by atoms with van der Waals surface area (Å²) in [5, 5.41) is 0. The van der Waals surface area contributed by atoms with E-state index in [1.54, 1.807) is 6.92 Å². The van der Waals surface area contributed by atoms with Gasteiger partial charge in [-0.2, -0.15) is 0 Å². The van der Waals surface area contributed by atoms with E-state index in [1.807, 2.05) is 6.92 Å². The molecule has 1 fully saturated rings. The molecule has 2 nitrogen and oxygen atoms in total. The molecule has 0 aliphatic heterocycles. The lowest BCUT2D eigenvalue weighted by Crippen LogP contribution is -2.32. The van der Waals surface area contributed by atoms with Crippen LogP contribution in [-0.4, -0.2) is 11.3 Å². The first-order chi connectivity index (χ1) is 3.57. The zero-order valence-electron chi connectivity index (χ0n) is 5.27. The molecule has 1 saturated carbocycles. The van der Waals surface area contributed by atoms with Crippen LogP contribution in [0.15, 0.2) is 0 Å². The lowest BCUT2D eigenvalue weighted by molar-refractivity contribution is -0.119. The predicted molar refractivity (Wildman–Crippen MR) is 31.4 cm³/mol. The van der Waals surface area contributed by atoms with Gasteiger partial charge >= 0.3 is 0 Å². The summed E-state index contributed by atoms with van der Waals surface area (Å²) in [6.45, 7) is 3.56. The molecule has 8 heavy (non-hydrogen) atoms. The second-order valence-corrected chi connectivity index (χ2v) is 2.70. The van der Waals surface area contributed by atoms with Crippen LogP contribution in [0.1, 0.15) is 20.3 Å². The van der Waals surface area contributed by atoms with Crippen molar-refractivity contribution in [1.82, 2.24) is 0 Å². The zero-order valence-corrected chi connectivity index (χ0v) is 5.27. The highest BCUT2D eigenvalue weighted by atomic mass is 16.1. The number of ketones is 1. The van der Waals surface area contributed by atoms with E-state index in [4.69, 9.17) is 5.73 Å². The highest BCUT2D eigenvalue weighted by Crippen LogP contribution is 2.40. The fraction of sp³-hybridized carbons (Fsp3) is 0.833. The number of nitrogens with two attached hydrogens (primary N) is 1. The molecule has 2 N–H and O–H groups in total. The Morgan fingerprint density at radius 3 is 2.25 bits per heavy atom. The first-order valence-electron chi connectivity index (χ1n) is 2.87. The Balaban J connectivity index is 2.60. The van der Waals surface area contributed by atoms with Gasteiger partial charge in [0.1, 0.15) is 5.78 Å². The Morgan fingerprint density at radius 2 is 2.25 bits per heavy atom. The van der Waals surface area contributed by atoms with Gasteiger partial charge in [-0.3, -0.25) is 4.79 Å². The van der Waals surface area contributed by atoms with Crippen molar-refractivity contribution >= 4 is 5.78 Å². The van der Waals surface area contributed by atoms with Crippen LogP contribution in [0.2, 0.25) is 0 Å². The van der Waals surface area contributed by atoms with Crippen molar-refractivity contribution in [2.45, 2.75) is 25.8 Å². The van der Waals surface area contributed by atoms with Gasteiger partial charge in [0.05, 0.1) is 5.54 Å². The van der Waals surface area contributed by atoms with Gasteiger partial charge in [0.15, 0.2) is 0 Å². The minimum atomic E-state index is -0.431. The smallest absolute Gasteiger partial charge is 0.149 e. The van der Waals surface area contributed by atoms with Crippen molar-refractivity contribution in [3.8, 4) is 0 Å². The molecule has 0 saturated heterocycles. The summed E-state index contributed by atoms with van der Waals surface area (Å²) in [6, 6.07) is 0. The van der Waals surface area contributed by atoms with Crippen molar-refractivity contribution in [2.24, 2.45) is 11.7 Å². The third-order valence-corrected chi connectivity index (χ3v) is 2.02. The van der Waals surface area contributed by atoms with Crippen LogP contribution < -0.4 is 5.73 Å². The molecule has 1 unspecified atom stereocenters. The predicted octanol–water partition coefficient (Wildman–Crippen LogP) is 0.313. The fourth-order valence-electron chi connectivity index (χ4n) is 0.938. The minimum absolute atomic E-state index is 0.130. The maximum absolute atomic E-state index is 10.6. The average molecular weight is 113 g/mol. The highest BCUT2D eigenvalue weighted by molar-refractivity contribution is 5.89. The SMILES string of the molecule is CC(=O)[C@@]1(N)CC1C. The molecule has 0 bridgehead atoms. The molecule has 0 amide bonds. The van der Waals surface area contributed by atoms with E-state index in [0.29, 0.717) is 5.92 Å². The summed E-state index contributed by atoms with van der Waals surface area (Å²) in [5.74, 6) is 0.546. The molecule has 1 aliphatic rings. The molecular formula is C6H11NO. The Labute approximate surface area is 49.1 Å². The van der Waals surface area contributed by atoms with Crippen molar-refractivity contribution in [1.29, 1.82) is 0 Å². The zero-order chi connectivity index (χ0) is 6.36. The van der Waals surface area contributed by atoms with Crippen LogP contribution >= 0.6 is 0 Å². The largest absolute Gasteiger partial charge is 0.319 e. The van der Waals surface area contributed by atoms with E-state index in [9.17, 15) is 4.79 Å². The first-order valence-corrected chi connectivity index (χ1v) is 2.87. The van der Waals surface area contributed by atoms with Crippen LogP contribution in [0.3, 0.4) is 0 Å². The van der Waals surface area contributed by atoms with Crippen molar-refractivity contribution < 1.29 is 4.79 Å². The van der Waals surface area contributed by atoms with Crippen LogP contribution in [-0.2, 0) is 4.79 Å². The van der Waals surface area contributed by atoms with Gasteiger partial charge in [0.25, 0.3) is 0 Å². The molecule has 2 heteroatoms. The molecule has 0 heterocycles. The highest BCUT2D eigenvalue weighted by Gasteiger charge is 2.51. The van der Waals surface area contributed by atoms with E-state index in [-0.39, 0.29) is 5.78 Å². The lowest BCUT2D eigenvalue weighted by atomic mass is 10.1. The summed E-state index contributed by atoms with van der Waals surface area (Å²) in [4.78, 5) is 10.6. The number of hydrogen-bond acceptors (Lipinski definition) is 2. The molecule has 1 aliphatic carbocycles. The van der Waals surface area contributed by atoms with Gasteiger partial charge in [-0.05, 0) is 19.3 Å². The number of carbonyl (C=O) groups excluding carboxylic acids is 1. The Bertz CT molecular complexity index is 132. The first kappa shape index (κ1) is 5.76. The molecule has 0 aromatic heterocycles. The second-order valence-electron chi connectivity index (χ2n) is 2.70. The third-order valence-electron chi connectivity index (χ3n) is 2.02. The van der Waals surface area contributed by atoms with Crippen molar-refractivity contribution in [2.75, 3.05) is 0 Å². The molecule has 46 valence electrons. The fourth-order valence-corrected chi connectivity index (χ4v) is 0.938. The summed E-state index contributed by atoms with van der Waals surface area (Å²) in [7, 11) is 0. The summed E-state index contributed by atoms with van der Waals surface area (Å²) in [5.41, 5.74) is 5.15. The average Bonchev–Trinajstić information content (AvgIpc) is 2.17. The second kappa shape index (κ2) is 1.32. The molecule has 1 rings (SSSR count). The standard InChI is InChI=1S/C6H11NO/c1-4-3-6(4,7)5(2)8/h4H,3,7H2,1-2H3/t4?,6-/m1/s1. The third kappa shape index (κ3) is 0.564. The molecular weight excluding hydrogens is 102 g/mol. The molecule has 0 aromatic rings. The Hall–Kier alpha value is -0.370. The number of Topliss-reactive ketones (excluding diaryl/α,β-unsaturated/α-hetero) is 1. The molecule has 0 aromatic carbocycles. The molecule has 2 atom stereocenters. The van der Waals surface area contributed by atoms with Crippen molar-refractivity contribution in [3.63, 3.8) is 0 Å². The Kier molecular flexibility index (Phi) is 0.949. The van der Waals surface area contributed by atoms with Gasteiger partial charge in [0, 0.05) is 0 Å². The number of carbonyl (C=O) groups is 1. The molecule has 0 radical (unpaired) electrons. The quantitative estimate of drug-likeness (QED) is 0.532. The van der Waals surface area contributed by atoms with E-state index in [2.05, 4.69) is 0 Å². The van der Waals surface area contributed by atoms with Gasteiger partial charge in [-0.1, -0.05) is 6.92 Å². The van der Waals surface area contributed by atoms with Gasteiger partial charge in [-0.25, -0.2) is 0 Å². The van der Waals surface area contributed by atoms with Crippen LogP contribution in [0.5, 0.6) is 0 Å². The Morgan fingerprint density at radius 1 is 1.88 bits per heavy atom. The topological polar surface area (TPSA) is 43.1 Å². The van der Waals surface area contributed by atoms with E-state index < -0.39 is 5.54 Å².